The molecule has 1 aliphatic heterocycles. The van der Waals surface area contributed by atoms with Gasteiger partial charge in [0.1, 0.15) is 5.75 Å². The molecule has 4 atom stereocenters. The average Bonchev–Trinajstić information content (AvgIpc) is 2.65. The van der Waals surface area contributed by atoms with E-state index in [0.29, 0.717) is 11.8 Å². The zero-order valence-corrected chi connectivity index (χ0v) is 15.5. The van der Waals surface area contributed by atoms with Crippen LogP contribution in [0, 0.1) is 11.8 Å². The topological polar surface area (TPSA) is 18.5 Å². The van der Waals surface area contributed by atoms with Crippen molar-refractivity contribution in [3.05, 3.63) is 54.6 Å². The van der Waals surface area contributed by atoms with Crippen molar-refractivity contribution in [2.75, 3.05) is 0 Å². The van der Waals surface area contributed by atoms with E-state index in [1.165, 1.54) is 32.3 Å². The Morgan fingerprint density at radius 1 is 0.808 bits per heavy atom. The Hall–Kier alpha value is -2.32. The summed E-state index contributed by atoms with van der Waals surface area (Å²) in [6, 6.07) is 19.6. The summed E-state index contributed by atoms with van der Waals surface area (Å²) in [7, 11) is 0. The lowest BCUT2D eigenvalue weighted by Crippen LogP contribution is -2.41. The Morgan fingerprint density at radius 2 is 1.46 bits per heavy atom. The summed E-state index contributed by atoms with van der Waals surface area (Å²) >= 11 is 0. The quantitative estimate of drug-likeness (QED) is 0.393. The van der Waals surface area contributed by atoms with Gasteiger partial charge in [-0.05, 0) is 52.9 Å². The van der Waals surface area contributed by atoms with Crippen LogP contribution < -0.4 is 4.74 Å². The monoisotopic (exact) mass is 344 g/mol. The van der Waals surface area contributed by atoms with Gasteiger partial charge in [-0.3, -0.25) is 0 Å². The van der Waals surface area contributed by atoms with Crippen molar-refractivity contribution >= 4 is 32.3 Å². The minimum Gasteiger partial charge on any atom is -0.464 e. The van der Waals surface area contributed by atoms with Gasteiger partial charge in [0.25, 0.3) is 0 Å². The smallest absolute Gasteiger partial charge is 0.202 e. The van der Waals surface area contributed by atoms with E-state index in [1.54, 1.807) is 0 Å². The molecule has 0 spiro atoms. The van der Waals surface area contributed by atoms with Gasteiger partial charge in [-0.25, -0.2) is 0 Å². The lowest BCUT2D eigenvalue weighted by molar-refractivity contribution is -0.184. The van der Waals surface area contributed by atoms with Gasteiger partial charge in [0.05, 0.1) is 6.10 Å². The summed E-state index contributed by atoms with van der Waals surface area (Å²) in [5, 5.41) is 7.61. The predicted octanol–water partition coefficient (Wildman–Crippen LogP) is 6.37. The number of benzene rings is 4. The number of hydrogen-bond acceptors (Lipinski definition) is 2. The number of ether oxygens (including phenoxy) is 2. The molecule has 1 aliphatic rings. The van der Waals surface area contributed by atoms with Gasteiger partial charge in [0.15, 0.2) is 0 Å². The average molecular weight is 344 g/mol. The molecule has 1 fully saturated rings. The van der Waals surface area contributed by atoms with Crippen molar-refractivity contribution in [3.63, 3.8) is 0 Å². The highest BCUT2D eigenvalue weighted by atomic mass is 16.7. The van der Waals surface area contributed by atoms with Gasteiger partial charge in [-0.1, -0.05) is 56.3 Å². The molecule has 2 nitrogen and oxygen atoms in total. The Labute approximate surface area is 154 Å². The van der Waals surface area contributed by atoms with Crippen molar-refractivity contribution in [2.24, 2.45) is 11.8 Å². The van der Waals surface area contributed by atoms with Crippen LogP contribution >= 0.6 is 0 Å². The van der Waals surface area contributed by atoms with E-state index in [0.717, 1.165) is 12.2 Å². The fraction of sp³-hybridized carbons (Fsp3) is 0.333. The molecule has 26 heavy (non-hydrogen) atoms. The minimum absolute atomic E-state index is 0.188. The number of hydrogen-bond donors (Lipinski definition) is 0. The largest absolute Gasteiger partial charge is 0.464 e. The Balaban J connectivity index is 1.66. The van der Waals surface area contributed by atoms with Crippen molar-refractivity contribution in [2.45, 2.75) is 39.6 Å². The van der Waals surface area contributed by atoms with Gasteiger partial charge in [-0.15, -0.1) is 0 Å². The van der Waals surface area contributed by atoms with Crippen LogP contribution in [0.25, 0.3) is 32.3 Å². The summed E-state index contributed by atoms with van der Waals surface area (Å²) < 4.78 is 12.6. The molecular weight excluding hydrogens is 320 g/mol. The maximum atomic E-state index is 6.44. The Morgan fingerprint density at radius 3 is 2.23 bits per heavy atom. The van der Waals surface area contributed by atoms with E-state index >= 15 is 0 Å². The molecule has 0 amide bonds. The van der Waals surface area contributed by atoms with Gasteiger partial charge in [-0.2, -0.15) is 0 Å². The molecule has 4 aromatic rings. The third-order valence-corrected chi connectivity index (χ3v) is 6.13. The van der Waals surface area contributed by atoms with E-state index in [4.69, 9.17) is 9.47 Å². The molecule has 1 heterocycles. The van der Waals surface area contributed by atoms with Crippen molar-refractivity contribution in [1.82, 2.24) is 0 Å². The van der Waals surface area contributed by atoms with Crippen molar-refractivity contribution in [3.8, 4) is 5.75 Å². The van der Waals surface area contributed by atoms with Crippen molar-refractivity contribution < 1.29 is 9.47 Å². The minimum atomic E-state index is -0.188. The maximum absolute atomic E-state index is 6.44. The summed E-state index contributed by atoms with van der Waals surface area (Å²) in [4.78, 5) is 0. The van der Waals surface area contributed by atoms with Crippen LogP contribution in [0.3, 0.4) is 0 Å². The van der Waals surface area contributed by atoms with Gasteiger partial charge in [0, 0.05) is 16.7 Å². The second kappa shape index (κ2) is 5.85. The van der Waals surface area contributed by atoms with Crippen molar-refractivity contribution in [1.29, 1.82) is 0 Å². The Kier molecular flexibility index (Phi) is 3.58. The van der Waals surface area contributed by atoms with Crippen LogP contribution in [0.5, 0.6) is 5.75 Å². The molecule has 0 aliphatic carbocycles. The standard InChI is InChI=1S/C24H24O2/c1-14-13-15(2)25-24(16(14)3)26-21-12-10-19-8-7-17-5-4-6-18-9-11-20(21)23(19)22(17)18/h4-12,14-16,24H,13H2,1-3H3/t14?,15?,16-,24+/m1/s1. The first kappa shape index (κ1) is 15.9. The predicted molar refractivity (Wildman–Crippen MR) is 108 cm³/mol. The Bertz CT molecular complexity index is 1070. The molecule has 5 rings (SSSR count). The molecule has 0 bridgehead atoms. The first-order valence-corrected chi connectivity index (χ1v) is 9.60. The molecule has 132 valence electrons. The normalized spacial score (nSPS) is 26.7. The second-order valence-corrected chi connectivity index (χ2v) is 7.92. The van der Waals surface area contributed by atoms with Crippen LogP contribution in [-0.4, -0.2) is 12.4 Å². The third-order valence-electron chi connectivity index (χ3n) is 6.13. The van der Waals surface area contributed by atoms with E-state index in [2.05, 4.69) is 75.4 Å². The first-order chi connectivity index (χ1) is 12.6. The molecule has 1 saturated heterocycles. The molecule has 0 saturated carbocycles. The van der Waals surface area contributed by atoms with Gasteiger partial charge >= 0.3 is 0 Å². The molecule has 4 aromatic carbocycles. The van der Waals surface area contributed by atoms with E-state index < -0.39 is 0 Å². The maximum Gasteiger partial charge on any atom is 0.202 e. The molecule has 2 heteroatoms. The summed E-state index contributed by atoms with van der Waals surface area (Å²) in [5.74, 6) is 1.90. The molecule has 2 unspecified atom stereocenters. The SMILES string of the molecule is CC1CC(C)[C@@H](C)[C@H](Oc2ccc3ccc4cccc5ccc2c3c45)O1. The zero-order valence-electron chi connectivity index (χ0n) is 15.5. The van der Waals surface area contributed by atoms with Crippen LogP contribution in [0.4, 0.5) is 0 Å². The lowest BCUT2D eigenvalue weighted by Gasteiger charge is -2.37. The van der Waals surface area contributed by atoms with Gasteiger partial charge in [0.2, 0.25) is 6.29 Å². The number of rotatable bonds is 2. The van der Waals surface area contributed by atoms with Gasteiger partial charge < -0.3 is 9.47 Å². The first-order valence-electron chi connectivity index (χ1n) is 9.60. The van der Waals surface area contributed by atoms with Crippen LogP contribution in [0.1, 0.15) is 27.2 Å². The van der Waals surface area contributed by atoms with E-state index in [1.807, 2.05) is 0 Å². The van der Waals surface area contributed by atoms with Crippen LogP contribution in [0.15, 0.2) is 54.6 Å². The molecule has 0 aromatic heterocycles. The summed E-state index contributed by atoms with van der Waals surface area (Å²) in [5.41, 5.74) is 0. The fourth-order valence-corrected chi connectivity index (χ4v) is 4.49. The second-order valence-electron chi connectivity index (χ2n) is 7.92. The third kappa shape index (κ3) is 2.36. The molecule has 0 N–H and O–H groups in total. The highest BCUT2D eigenvalue weighted by Gasteiger charge is 2.33. The fourth-order valence-electron chi connectivity index (χ4n) is 4.49. The highest BCUT2D eigenvalue weighted by Crippen LogP contribution is 2.40. The summed E-state index contributed by atoms with van der Waals surface area (Å²) in [6.45, 7) is 6.67. The highest BCUT2D eigenvalue weighted by molar-refractivity contribution is 6.24. The summed E-state index contributed by atoms with van der Waals surface area (Å²) in [6.07, 6.45) is 1.15. The molecule has 0 radical (unpaired) electrons. The van der Waals surface area contributed by atoms with Crippen LogP contribution in [-0.2, 0) is 4.74 Å². The lowest BCUT2D eigenvalue weighted by atomic mass is 9.87. The molecular formula is C24H24O2. The van der Waals surface area contributed by atoms with Crippen LogP contribution in [0.2, 0.25) is 0 Å². The zero-order chi connectivity index (χ0) is 17.8. The van der Waals surface area contributed by atoms with E-state index in [9.17, 15) is 0 Å². The van der Waals surface area contributed by atoms with E-state index in [-0.39, 0.29) is 12.4 Å².